The smallest absolute Gasteiger partial charge is 0.253 e. The van der Waals surface area contributed by atoms with Crippen LogP contribution in [-0.4, -0.2) is 18.0 Å². The number of pyridine rings is 1. The summed E-state index contributed by atoms with van der Waals surface area (Å²) in [5.41, 5.74) is 3.78. The summed E-state index contributed by atoms with van der Waals surface area (Å²) in [6.45, 7) is 4.14. The van der Waals surface area contributed by atoms with E-state index in [1.807, 2.05) is 38.1 Å². The highest BCUT2D eigenvalue weighted by Gasteiger charge is 2.09. The second-order valence-corrected chi connectivity index (χ2v) is 6.06. The molecule has 0 spiro atoms. The molecular weight excluding hydrogens is 316 g/mol. The lowest BCUT2D eigenvalue weighted by Gasteiger charge is -2.08. The fourth-order valence-electron chi connectivity index (χ4n) is 2.64. The molecule has 128 valence electrons. The van der Waals surface area contributed by atoms with Crippen LogP contribution in [0.1, 0.15) is 27.0 Å². The molecule has 1 aromatic heterocycles. The molecule has 3 rings (SSSR count). The highest BCUT2D eigenvalue weighted by atomic mass is 16.5. The Morgan fingerprint density at radius 1 is 1.08 bits per heavy atom. The molecule has 0 saturated heterocycles. The molecule has 0 saturated carbocycles. The van der Waals surface area contributed by atoms with E-state index in [0.717, 1.165) is 16.5 Å². The van der Waals surface area contributed by atoms with Crippen LogP contribution in [0.25, 0.3) is 10.9 Å². The van der Waals surface area contributed by atoms with E-state index < -0.39 is 0 Å². The van der Waals surface area contributed by atoms with Crippen LogP contribution in [0.3, 0.4) is 0 Å². The molecule has 0 atom stereocenters. The fraction of sp³-hybridized carbons (Fsp3) is 0.200. The predicted molar refractivity (Wildman–Crippen MR) is 98.2 cm³/mol. The Morgan fingerprint density at radius 3 is 2.60 bits per heavy atom. The summed E-state index contributed by atoms with van der Waals surface area (Å²) in [7, 11) is 1.58. The zero-order chi connectivity index (χ0) is 18.0. The molecule has 2 aromatic carbocycles. The van der Waals surface area contributed by atoms with Crippen molar-refractivity contribution in [1.82, 2.24) is 10.3 Å². The molecule has 5 heteroatoms. The van der Waals surface area contributed by atoms with Gasteiger partial charge in [-0.1, -0.05) is 6.07 Å². The Kier molecular flexibility index (Phi) is 4.57. The van der Waals surface area contributed by atoms with Crippen molar-refractivity contribution in [1.29, 1.82) is 0 Å². The molecule has 1 heterocycles. The number of H-pyrrole nitrogens is 1. The number of hydrogen-bond donors (Lipinski definition) is 2. The number of aromatic amines is 1. The van der Waals surface area contributed by atoms with E-state index in [4.69, 9.17) is 4.74 Å². The highest BCUT2D eigenvalue weighted by molar-refractivity contribution is 5.94. The van der Waals surface area contributed by atoms with Gasteiger partial charge in [-0.3, -0.25) is 9.59 Å². The van der Waals surface area contributed by atoms with Gasteiger partial charge in [0.1, 0.15) is 5.75 Å². The number of methoxy groups -OCH3 is 1. The van der Waals surface area contributed by atoms with E-state index in [-0.39, 0.29) is 18.0 Å². The summed E-state index contributed by atoms with van der Waals surface area (Å²) in [6.07, 6.45) is 0. The Balaban J connectivity index is 1.80. The van der Waals surface area contributed by atoms with Crippen molar-refractivity contribution >= 4 is 16.8 Å². The standard InChI is InChI=1S/C20H20N2O3/c1-12-4-5-15(8-13(12)2)19(23)21-11-16-9-14-6-7-17(25-3)10-18(14)22-20(16)24/h4-10H,11H2,1-3H3,(H,21,23)(H,22,24). The summed E-state index contributed by atoms with van der Waals surface area (Å²) in [4.78, 5) is 27.4. The third-order valence-electron chi connectivity index (χ3n) is 4.34. The second-order valence-electron chi connectivity index (χ2n) is 6.06. The molecule has 5 nitrogen and oxygen atoms in total. The van der Waals surface area contributed by atoms with Gasteiger partial charge in [0, 0.05) is 23.7 Å². The first-order chi connectivity index (χ1) is 12.0. The number of fused-ring (bicyclic) bond motifs is 1. The van der Waals surface area contributed by atoms with Crippen molar-refractivity contribution in [3.63, 3.8) is 0 Å². The van der Waals surface area contributed by atoms with Crippen molar-refractivity contribution < 1.29 is 9.53 Å². The van der Waals surface area contributed by atoms with E-state index in [0.29, 0.717) is 22.4 Å². The number of benzene rings is 2. The molecule has 0 aliphatic heterocycles. The summed E-state index contributed by atoms with van der Waals surface area (Å²) in [5.74, 6) is 0.483. The number of aromatic nitrogens is 1. The molecule has 0 radical (unpaired) electrons. The van der Waals surface area contributed by atoms with Crippen LogP contribution in [0, 0.1) is 13.8 Å². The van der Waals surface area contributed by atoms with Crippen molar-refractivity contribution in [3.05, 3.63) is 75.1 Å². The van der Waals surface area contributed by atoms with Crippen LogP contribution < -0.4 is 15.6 Å². The summed E-state index contributed by atoms with van der Waals surface area (Å²) < 4.78 is 5.16. The number of carbonyl (C=O) groups excluding carboxylic acids is 1. The van der Waals surface area contributed by atoms with E-state index in [1.54, 1.807) is 25.3 Å². The first-order valence-electron chi connectivity index (χ1n) is 8.03. The first kappa shape index (κ1) is 16.8. The minimum atomic E-state index is -0.221. The molecule has 0 aliphatic carbocycles. The molecule has 1 amide bonds. The van der Waals surface area contributed by atoms with Gasteiger partial charge < -0.3 is 15.0 Å². The maximum atomic E-state index is 12.3. The normalized spacial score (nSPS) is 10.7. The Bertz CT molecular complexity index is 1010. The van der Waals surface area contributed by atoms with Gasteiger partial charge >= 0.3 is 0 Å². The minimum Gasteiger partial charge on any atom is -0.497 e. The first-order valence-corrected chi connectivity index (χ1v) is 8.03. The van der Waals surface area contributed by atoms with Gasteiger partial charge in [-0.15, -0.1) is 0 Å². The molecule has 0 fully saturated rings. The number of ether oxygens (including phenoxy) is 1. The number of rotatable bonds is 4. The maximum Gasteiger partial charge on any atom is 0.253 e. The SMILES string of the molecule is COc1ccc2cc(CNC(=O)c3ccc(C)c(C)c3)c(=O)[nH]c2c1. The highest BCUT2D eigenvalue weighted by Crippen LogP contribution is 2.18. The quantitative estimate of drug-likeness (QED) is 0.769. The van der Waals surface area contributed by atoms with E-state index in [2.05, 4.69) is 10.3 Å². The Hall–Kier alpha value is -3.08. The van der Waals surface area contributed by atoms with Gasteiger partial charge in [-0.05, 0) is 60.7 Å². The average molecular weight is 336 g/mol. The minimum absolute atomic E-state index is 0.170. The van der Waals surface area contributed by atoms with Crippen LogP contribution in [-0.2, 0) is 6.54 Å². The topological polar surface area (TPSA) is 71.2 Å². The maximum absolute atomic E-state index is 12.3. The lowest BCUT2D eigenvalue weighted by atomic mass is 10.1. The average Bonchev–Trinajstić information content (AvgIpc) is 2.61. The van der Waals surface area contributed by atoms with Crippen LogP contribution in [0.15, 0.2) is 47.3 Å². The number of hydrogen-bond acceptors (Lipinski definition) is 3. The summed E-state index contributed by atoms with van der Waals surface area (Å²) >= 11 is 0. The second kappa shape index (κ2) is 6.81. The van der Waals surface area contributed by atoms with Gasteiger partial charge in [0.15, 0.2) is 0 Å². The molecule has 0 unspecified atom stereocenters. The predicted octanol–water partition coefficient (Wildman–Crippen LogP) is 3.08. The van der Waals surface area contributed by atoms with Gasteiger partial charge in [0.2, 0.25) is 0 Å². The van der Waals surface area contributed by atoms with Crippen molar-refractivity contribution in [2.45, 2.75) is 20.4 Å². The van der Waals surface area contributed by atoms with Crippen LogP contribution in [0.5, 0.6) is 5.75 Å². The van der Waals surface area contributed by atoms with Crippen molar-refractivity contribution in [2.75, 3.05) is 7.11 Å². The number of nitrogens with one attached hydrogen (secondary N) is 2. The molecule has 0 bridgehead atoms. The zero-order valence-electron chi connectivity index (χ0n) is 14.5. The Morgan fingerprint density at radius 2 is 1.88 bits per heavy atom. The Labute approximate surface area is 145 Å². The zero-order valence-corrected chi connectivity index (χ0v) is 14.5. The molecule has 3 aromatic rings. The number of aryl methyl sites for hydroxylation is 2. The van der Waals surface area contributed by atoms with E-state index >= 15 is 0 Å². The fourth-order valence-corrected chi connectivity index (χ4v) is 2.64. The number of amides is 1. The van der Waals surface area contributed by atoms with Crippen LogP contribution in [0.2, 0.25) is 0 Å². The van der Waals surface area contributed by atoms with Crippen LogP contribution in [0.4, 0.5) is 0 Å². The molecular formula is C20H20N2O3. The van der Waals surface area contributed by atoms with Crippen molar-refractivity contribution in [2.24, 2.45) is 0 Å². The largest absolute Gasteiger partial charge is 0.497 e. The molecule has 2 N–H and O–H groups in total. The van der Waals surface area contributed by atoms with Crippen molar-refractivity contribution in [3.8, 4) is 5.75 Å². The van der Waals surface area contributed by atoms with Gasteiger partial charge in [0.05, 0.1) is 12.6 Å². The molecule has 25 heavy (non-hydrogen) atoms. The van der Waals surface area contributed by atoms with Crippen LogP contribution >= 0.6 is 0 Å². The number of carbonyl (C=O) groups is 1. The summed E-state index contributed by atoms with van der Waals surface area (Å²) in [5, 5.41) is 3.69. The third kappa shape index (κ3) is 3.55. The van der Waals surface area contributed by atoms with Gasteiger partial charge in [-0.25, -0.2) is 0 Å². The van der Waals surface area contributed by atoms with Gasteiger partial charge in [-0.2, -0.15) is 0 Å². The monoisotopic (exact) mass is 336 g/mol. The lowest BCUT2D eigenvalue weighted by Crippen LogP contribution is -2.26. The molecule has 0 aliphatic rings. The van der Waals surface area contributed by atoms with E-state index in [1.165, 1.54) is 0 Å². The third-order valence-corrected chi connectivity index (χ3v) is 4.34. The summed E-state index contributed by atoms with van der Waals surface area (Å²) in [6, 6.07) is 12.8. The van der Waals surface area contributed by atoms with Gasteiger partial charge in [0.25, 0.3) is 11.5 Å². The lowest BCUT2D eigenvalue weighted by molar-refractivity contribution is 0.0950. The van der Waals surface area contributed by atoms with E-state index in [9.17, 15) is 9.59 Å².